The van der Waals surface area contributed by atoms with Crippen LogP contribution in [0.25, 0.3) is 0 Å². The van der Waals surface area contributed by atoms with Crippen molar-refractivity contribution in [3.63, 3.8) is 0 Å². The van der Waals surface area contributed by atoms with Crippen molar-refractivity contribution in [2.45, 2.75) is 211 Å². The van der Waals surface area contributed by atoms with Gasteiger partial charge in [-0.2, -0.15) is 0 Å². The van der Waals surface area contributed by atoms with E-state index in [2.05, 4.69) is 54.5 Å². The van der Waals surface area contributed by atoms with Gasteiger partial charge in [-0.1, -0.05) is 60.1 Å². The van der Waals surface area contributed by atoms with Crippen LogP contribution < -0.4 is 0 Å². The number of rotatable bonds is 8. The molecule has 23 atom stereocenters. The van der Waals surface area contributed by atoms with Crippen LogP contribution in [0.1, 0.15) is 113 Å². The molecule has 7 fully saturated rings. The summed E-state index contributed by atoms with van der Waals surface area (Å²) in [6.45, 7) is 16.2. The summed E-state index contributed by atoms with van der Waals surface area (Å²) in [5.74, 6) is -0.785. The fourth-order valence-electron chi connectivity index (χ4n) is 14.9. The van der Waals surface area contributed by atoms with E-state index in [0.717, 1.165) is 38.5 Å². The van der Waals surface area contributed by atoms with Crippen molar-refractivity contribution >= 4 is 5.97 Å². The third-order valence-corrected chi connectivity index (χ3v) is 19.0. The van der Waals surface area contributed by atoms with Gasteiger partial charge < -0.3 is 79.5 Å². The van der Waals surface area contributed by atoms with Gasteiger partial charge in [-0.05, 0) is 110 Å². The molecule has 0 unspecified atom stereocenters. The lowest BCUT2D eigenvalue weighted by atomic mass is 9.33. The van der Waals surface area contributed by atoms with Gasteiger partial charge in [-0.3, -0.25) is 4.79 Å². The Morgan fingerprint density at radius 3 is 2.05 bits per heavy atom. The largest absolute Gasteiger partial charge is 0.481 e. The van der Waals surface area contributed by atoms with Crippen LogP contribution in [-0.4, -0.2) is 168 Å². The van der Waals surface area contributed by atoms with E-state index < -0.39 is 134 Å². The molecule has 366 valence electrons. The van der Waals surface area contributed by atoms with E-state index in [1.807, 2.05) is 0 Å². The van der Waals surface area contributed by atoms with Gasteiger partial charge in [0.15, 0.2) is 18.9 Å². The Labute approximate surface area is 376 Å². The molecule has 0 aromatic heterocycles. The van der Waals surface area contributed by atoms with E-state index in [-0.39, 0.29) is 34.0 Å². The Morgan fingerprint density at radius 1 is 0.719 bits per heavy atom. The highest BCUT2D eigenvalue weighted by atomic mass is 16.8. The van der Waals surface area contributed by atoms with Crippen molar-refractivity contribution in [2.75, 3.05) is 13.2 Å². The Morgan fingerprint density at radius 2 is 1.38 bits per heavy atom. The monoisotopic (exact) mass is 913 g/mol. The predicted molar refractivity (Wildman–Crippen MR) is 225 cm³/mol. The first kappa shape index (κ1) is 49.0. The molecule has 17 nitrogen and oxygen atoms in total. The van der Waals surface area contributed by atoms with Crippen LogP contribution in [-0.2, 0) is 33.2 Å². The van der Waals surface area contributed by atoms with Gasteiger partial charge >= 0.3 is 5.97 Å². The highest BCUT2D eigenvalue weighted by Crippen LogP contribution is 2.76. The first-order valence-corrected chi connectivity index (χ1v) is 23.7. The molecule has 0 bridgehead atoms. The maximum atomic E-state index is 13.2. The number of allylic oxidation sites excluding steroid dienone is 2. The number of aliphatic hydroxyl groups is 9. The molecule has 0 aromatic carbocycles. The molecule has 4 saturated carbocycles. The van der Waals surface area contributed by atoms with Crippen LogP contribution in [0.4, 0.5) is 0 Å². The van der Waals surface area contributed by atoms with E-state index in [1.54, 1.807) is 0 Å². The minimum absolute atomic E-state index is 0.0466. The lowest BCUT2D eigenvalue weighted by molar-refractivity contribution is -0.388. The first-order chi connectivity index (χ1) is 29.8. The normalized spacial score (nSPS) is 54.6. The quantitative estimate of drug-likeness (QED) is 0.122. The Kier molecular flexibility index (Phi) is 13.0. The summed E-state index contributed by atoms with van der Waals surface area (Å²) in [5.41, 5.74) is -1.34. The number of carboxylic acids is 1. The lowest BCUT2D eigenvalue weighted by Crippen LogP contribution is -2.68. The highest BCUT2D eigenvalue weighted by Gasteiger charge is 2.71. The second-order valence-corrected chi connectivity index (χ2v) is 23.1. The summed E-state index contributed by atoms with van der Waals surface area (Å²) in [7, 11) is 0. The molecule has 0 amide bonds. The van der Waals surface area contributed by atoms with Gasteiger partial charge in [-0.15, -0.1) is 0 Å². The number of carbonyl (C=O) groups is 1. The van der Waals surface area contributed by atoms with Gasteiger partial charge in [0.25, 0.3) is 0 Å². The van der Waals surface area contributed by atoms with E-state index in [4.69, 9.17) is 28.4 Å². The molecule has 3 saturated heterocycles. The van der Waals surface area contributed by atoms with Gasteiger partial charge in [0.2, 0.25) is 0 Å². The molecule has 0 aromatic rings. The summed E-state index contributed by atoms with van der Waals surface area (Å²) >= 11 is 0. The van der Waals surface area contributed by atoms with Crippen LogP contribution >= 0.6 is 0 Å². The molecule has 3 heterocycles. The van der Waals surface area contributed by atoms with Crippen LogP contribution in [0.5, 0.6) is 0 Å². The number of ether oxygens (including phenoxy) is 6. The van der Waals surface area contributed by atoms with Crippen LogP contribution in [0.3, 0.4) is 0 Å². The molecule has 3 aliphatic heterocycles. The fraction of sp³-hybridized carbons (Fsp3) is 0.936. The number of fused-ring (bicyclic) bond motifs is 7. The van der Waals surface area contributed by atoms with Crippen molar-refractivity contribution in [3.8, 4) is 0 Å². The van der Waals surface area contributed by atoms with E-state index in [1.165, 1.54) is 12.5 Å². The zero-order valence-electron chi connectivity index (χ0n) is 38.7. The summed E-state index contributed by atoms with van der Waals surface area (Å²) in [5, 5.41) is 109. The number of hydrogen-bond acceptors (Lipinski definition) is 16. The van der Waals surface area contributed by atoms with Crippen molar-refractivity contribution in [1.29, 1.82) is 0 Å². The molecule has 5 aliphatic carbocycles. The van der Waals surface area contributed by atoms with E-state index >= 15 is 0 Å². The Hall–Kier alpha value is -1.39. The van der Waals surface area contributed by atoms with Gasteiger partial charge in [0.1, 0.15) is 66.5 Å². The van der Waals surface area contributed by atoms with E-state index in [0.29, 0.717) is 19.3 Å². The number of carboxylic acid groups (broad SMARTS) is 1. The summed E-state index contributed by atoms with van der Waals surface area (Å²) in [6, 6.07) is 0. The SMILES string of the molecule is C[C@@H]1O[C@@H](O[C@@H]2[C@@H](O)[C@H](O[C@H]3CC[C@]4(C)[C@H]5CC=C6[C@@H]7CC(C)(C)CC[C@]7(C(=O)O)[C@H](O)C[C@@]6(C)[C@]5(C)CC[C@H]4C3(C)C)O[C@H](CO)[C@H]2O[C@@H]2OC[C@@H](O)[C@H](O)[C@H]2O)[C@H](O)[C@H](O)[C@H]1O. The second kappa shape index (κ2) is 16.9. The van der Waals surface area contributed by atoms with Gasteiger partial charge in [0.05, 0.1) is 31.5 Å². The minimum atomic E-state index is -1.77. The summed E-state index contributed by atoms with van der Waals surface area (Å²) < 4.78 is 36.6. The van der Waals surface area contributed by atoms with E-state index in [9.17, 15) is 55.9 Å². The molecule has 64 heavy (non-hydrogen) atoms. The molecule has 10 N–H and O–H groups in total. The highest BCUT2D eigenvalue weighted by molar-refractivity contribution is 5.77. The fourth-order valence-corrected chi connectivity index (χ4v) is 14.9. The maximum absolute atomic E-state index is 13.2. The van der Waals surface area contributed by atoms with Gasteiger partial charge in [0, 0.05) is 0 Å². The standard InChI is InChI=1S/C47H76O17/c1-21-30(51)32(53)34(55)39(60-21)64-37-35(56)40(61-25(19-48)36(37)63-38-33(54)31(52)24(49)20-59-38)62-29-12-13-44(6)26(43(29,4)5)11-14-45(7)27(44)10-9-22-23-17-42(2,3)15-16-47(23,41(57)58)28(50)18-46(22,45)8/h9,21,23-40,48-56H,10-20H2,1-8H3,(H,57,58)/t21-,23-,24+,25+,26-,27+,28+,29-,30-,31-,32+,33+,34+,35+,36+,37+,38-,39-,40-,44-,45+,46+,47+/m0/s1. The summed E-state index contributed by atoms with van der Waals surface area (Å²) in [6.07, 6.45) is -14.1. The smallest absolute Gasteiger partial charge is 0.312 e. The predicted octanol–water partition coefficient (Wildman–Crippen LogP) is 1.34. The number of hydrogen-bond donors (Lipinski definition) is 10. The van der Waals surface area contributed by atoms with Crippen LogP contribution in [0.2, 0.25) is 0 Å². The zero-order valence-corrected chi connectivity index (χ0v) is 38.7. The average molecular weight is 913 g/mol. The topological polar surface area (TPSA) is 275 Å². The first-order valence-electron chi connectivity index (χ1n) is 23.7. The van der Waals surface area contributed by atoms with Crippen LogP contribution in [0, 0.1) is 50.2 Å². The number of aliphatic carboxylic acids is 1. The average Bonchev–Trinajstić information content (AvgIpc) is 3.22. The maximum Gasteiger partial charge on any atom is 0.312 e. The number of aliphatic hydroxyl groups excluding tert-OH is 9. The Bertz CT molecular complexity index is 1760. The third kappa shape index (κ3) is 7.40. The molecule has 17 heteroatoms. The minimum Gasteiger partial charge on any atom is -0.481 e. The molecule has 0 spiro atoms. The third-order valence-electron chi connectivity index (χ3n) is 19.0. The molecular formula is C47H76O17. The van der Waals surface area contributed by atoms with Crippen molar-refractivity contribution < 1.29 is 84.3 Å². The zero-order chi connectivity index (χ0) is 46.9. The van der Waals surface area contributed by atoms with Crippen LogP contribution in [0.15, 0.2) is 11.6 Å². The van der Waals surface area contributed by atoms with Crippen molar-refractivity contribution in [2.24, 2.45) is 50.2 Å². The lowest BCUT2D eigenvalue weighted by Gasteiger charge is -2.71. The molecular weight excluding hydrogens is 837 g/mol. The van der Waals surface area contributed by atoms with Gasteiger partial charge in [-0.25, -0.2) is 0 Å². The Balaban J connectivity index is 1.05. The molecule has 8 rings (SSSR count). The van der Waals surface area contributed by atoms with Crippen molar-refractivity contribution in [3.05, 3.63) is 11.6 Å². The van der Waals surface area contributed by atoms with Crippen molar-refractivity contribution in [1.82, 2.24) is 0 Å². The molecule has 8 aliphatic rings. The second-order valence-electron chi connectivity index (χ2n) is 23.1. The summed E-state index contributed by atoms with van der Waals surface area (Å²) in [4.78, 5) is 13.2. The molecule has 0 radical (unpaired) electrons.